The first-order valence-corrected chi connectivity index (χ1v) is 9.98. The van der Waals surface area contributed by atoms with Gasteiger partial charge in [0.15, 0.2) is 0 Å². The molecular formula is C21H28BN3O3. The predicted octanol–water partition coefficient (Wildman–Crippen LogP) is 2.82. The highest BCUT2D eigenvalue weighted by atomic mass is 16.7. The van der Waals surface area contributed by atoms with Crippen LogP contribution in [0.15, 0.2) is 42.7 Å². The zero-order valence-corrected chi connectivity index (χ0v) is 17.1. The average molecular weight is 381 g/mol. The molecule has 4 rings (SSSR count). The Balaban J connectivity index is 1.34. The Morgan fingerprint density at radius 1 is 1.00 bits per heavy atom. The SMILES string of the molecule is CC1(C)OB(c2ccc(N3CCC(Oc4ccccn4)CC3)nc2)OC1(C)C. The minimum Gasteiger partial charge on any atom is -0.474 e. The molecule has 0 amide bonds. The largest absolute Gasteiger partial charge is 0.496 e. The number of anilines is 1. The third-order valence-corrected chi connectivity index (χ3v) is 5.99. The van der Waals surface area contributed by atoms with Crippen molar-refractivity contribution in [3.05, 3.63) is 42.7 Å². The van der Waals surface area contributed by atoms with Crippen LogP contribution in [0.2, 0.25) is 0 Å². The Hall–Kier alpha value is -2.12. The van der Waals surface area contributed by atoms with Gasteiger partial charge in [0.05, 0.1) is 11.2 Å². The van der Waals surface area contributed by atoms with Crippen molar-refractivity contribution in [2.24, 2.45) is 0 Å². The standard InChI is InChI=1S/C21H28BN3O3/c1-20(2)21(3,4)28-22(27-20)16-8-9-18(24-15-16)25-13-10-17(11-14-25)26-19-7-5-6-12-23-19/h5-9,12,15,17H,10-11,13-14H2,1-4H3. The molecule has 0 atom stereocenters. The average Bonchev–Trinajstić information content (AvgIpc) is 2.91. The van der Waals surface area contributed by atoms with Gasteiger partial charge in [-0.1, -0.05) is 12.1 Å². The lowest BCUT2D eigenvalue weighted by Crippen LogP contribution is -2.41. The molecule has 2 aromatic rings. The fourth-order valence-electron chi connectivity index (χ4n) is 3.49. The lowest BCUT2D eigenvalue weighted by molar-refractivity contribution is 0.00578. The first kappa shape index (κ1) is 19.2. The Kier molecular flexibility index (Phi) is 5.06. The van der Waals surface area contributed by atoms with Gasteiger partial charge in [-0.2, -0.15) is 0 Å². The van der Waals surface area contributed by atoms with Crippen LogP contribution in [0.4, 0.5) is 5.82 Å². The number of aromatic nitrogens is 2. The second-order valence-corrected chi connectivity index (χ2v) is 8.51. The topological polar surface area (TPSA) is 56.7 Å². The molecule has 2 aliphatic rings. The van der Waals surface area contributed by atoms with Gasteiger partial charge >= 0.3 is 7.12 Å². The molecule has 2 fully saturated rings. The zero-order chi connectivity index (χ0) is 19.8. The molecule has 0 saturated carbocycles. The van der Waals surface area contributed by atoms with Crippen molar-refractivity contribution >= 4 is 18.4 Å². The summed E-state index contributed by atoms with van der Waals surface area (Å²) < 4.78 is 18.2. The lowest BCUT2D eigenvalue weighted by atomic mass is 9.80. The molecule has 6 nitrogen and oxygen atoms in total. The molecule has 4 heterocycles. The van der Waals surface area contributed by atoms with Crippen molar-refractivity contribution in [2.45, 2.75) is 57.8 Å². The number of hydrogen-bond donors (Lipinski definition) is 0. The summed E-state index contributed by atoms with van der Waals surface area (Å²) in [7, 11) is -0.371. The van der Waals surface area contributed by atoms with Crippen molar-refractivity contribution in [3.8, 4) is 5.88 Å². The molecule has 2 saturated heterocycles. The summed E-state index contributed by atoms with van der Waals surface area (Å²) in [5.41, 5.74) is 0.272. The Bertz CT molecular complexity index is 774. The molecular weight excluding hydrogens is 353 g/mol. The second kappa shape index (κ2) is 7.37. The maximum atomic E-state index is 6.11. The first-order valence-electron chi connectivity index (χ1n) is 9.98. The third-order valence-electron chi connectivity index (χ3n) is 5.99. The van der Waals surface area contributed by atoms with Crippen molar-refractivity contribution < 1.29 is 14.0 Å². The molecule has 28 heavy (non-hydrogen) atoms. The van der Waals surface area contributed by atoms with Crippen LogP contribution >= 0.6 is 0 Å². The van der Waals surface area contributed by atoms with E-state index >= 15 is 0 Å². The summed E-state index contributed by atoms with van der Waals surface area (Å²) in [6, 6.07) is 9.86. The van der Waals surface area contributed by atoms with Gasteiger partial charge in [0.25, 0.3) is 0 Å². The Morgan fingerprint density at radius 2 is 1.71 bits per heavy atom. The molecule has 0 aromatic carbocycles. The summed E-state index contributed by atoms with van der Waals surface area (Å²) in [4.78, 5) is 11.2. The summed E-state index contributed by atoms with van der Waals surface area (Å²) in [5.74, 6) is 1.68. The fraction of sp³-hybridized carbons (Fsp3) is 0.524. The summed E-state index contributed by atoms with van der Waals surface area (Å²) in [6.45, 7) is 10.1. The minimum atomic E-state index is -0.371. The normalized spacial score (nSPS) is 21.7. The van der Waals surface area contributed by atoms with Crippen LogP contribution in [0, 0.1) is 0 Å². The van der Waals surface area contributed by atoms with Crippen molar-refractivity contribution in [3.63, 3.8) is 0 Å². The van der Waals surface area contributed by atoms with Crippen LogP contribution in [-0.4, -0.2) is 47.5 Å². The summed E-state index contributed by atoms with van der Waals surface area (Å²) >= 11 is 0. The fourth-order valence-corrected chi connectivity index (χ4v) is 3.49. The van der Waals surface area contributed by atoms with E-state index in [-0.39, 0.29) is 24.4 Å². The molecule has 2 aromatic heterocycles. The molecule has 0 bridgehead atoms. The summed E-state index contributed by atoms with van der Waals surface area (Å²) in [6.07, 6.45) is 5.74. The van der Waals surface area contributed by atoms with E-state index in [1.165, 1.54) is 0 Å². The smallest absolute Gasteiger partial charge is 0.474 e. The maximum absolute atomic E-state index is 6.11. The second-order valence-electron chi connectivity index (χ2n) is 8.51. The number of hydrogen-bond acceptors (Lipinski definition) is 6. The van der Waals surface area contributed by atoms with E-state index in [4.69, 9.17) is 14.0 Å². The molecule has 2 aliphatic heterocycles. The van der Waals surface area contributed by atoms with Crippen LogP contribution in [-0.2, 0) is 9.31 Å². The highest BCUT2D eigenvalue weighted by molar-refractivity contribution is 6.62. The Morgan fingerprint density at radius 3 is 2.29 bits per heavy atom. The highest BCUT2D eigenvalue weighted by Gasteiger charge is 2.51. The van der Waals surface area contributed by atoms with E-state index < -0.39 is 0 Å². The van der Waals surface area contributed by atoms with E-state index in [0.29, 0.717) is 5.88 Å². The molecule has 7 heteroatoms. The maximum Gasteiger partial charge on any atom is 0.496 e. The van der Waals surface area contributed by atoms with Gasteiger partial charge in [-0.3, -0.25) is 0 Å². The van der Waals surface area contributed by atoms with Gasteiger partial charge < -0.3 is 18.9 Å². The van der Waals surface area contributed by atoms with E-state index in [9.17, 15) is 0 Å². The van der Waals surface area contributed by atoms with Gasteiger partial charge in [0.1, 0.15) is 11.9 Å². The molecule has 0 aliphatic carbocycles. The van der Waals surface area contributed by atoms with Crippen LogP contribution in [0.25, 0.3) is 0 Å². The van der Waals surface area contributed by atoms with Crippen molar-refractivity contribution in [1.82, 2.24) is 9.97 Å². The predicted molar refractivity (Wildman–Crippen MR) is 110 cm³/mol. The van der Waals surface area contributed by atoms with Crippen LogP contribution in [0.1, 0.15) is 40.5 Å². The van der Waals surface area contributed by atoms with Crippen molar-refractivity contribution in [1.29, 1.82) is 0 Å². The minimum absolute atomic E-state index is 0.204. The van der Waals surface area contributed by atoms with E-state index in [1.54, 1.807) is 6.20 Å². The van der Waals surface area contributed by atoms with Gasteiger partial charge in [-0.25, -0.2) is 9.97 Å². The van der Waals surface area contributed by atoms with E-state index in [1.807, 2.05) is 24.4 Å². The highest BCUT2D eigenvalue weighted by Crippen LogP contribution is 2.36. The van der Waals surface area contributed by atoms with Crippen LogP contribution < -0.4 is 15.1 Å². The summed E-state index contributed by atoms with van der Waals surface area (Å²) in [5, 5.41) is 0. The van der Waals surface area contributed by atoms with Gasteiger partial charge in [-0.05, 0) is 39.8 Å². The molecule has 0 spiro atoms. The van der Waals surface area contributed by atoms with Gasteiger partial charge in [0, 0.05) is 49.9 Å². The third kappa shape index (κ3) is 3.87. The Labute approximate surface area is 167 Å². The number of piperidine rings is 1. The molecule has 0 unspecified atom stereocenters. The van der Waals surface area contributed by atoms with E-state index in [0.717, 1.165) is 37.2 Å². The monoisotopic (exact) mass is 381 g/mol. The first-order chi connectivity index (χ1) is 13.3. The molecule has 0 radical (unpaired) electrons. The number of rotatable bonds is 4. The lowest BCUT2D eigenvalue weighted by Gasteiger charge is -2.32. The quantitative estimate of drug-likeness (QED) is 0.760. The molecule has 0 N–H and O–H groups in total. The van der Waals surface area contributed by atoms with Crippen molar-refractivity contribution in [2.75, 3.05) is 18.0 Å². The van der Waals surface area contributed by atoms with Gasteiger partial charge in [-0.15, -0.1) is 0 Å². The van der Waals surface area contributed by atoms with Crippen LogP contribution in [0.5, 0.6) is 5.88 Å². The molecule has 148 valence electrons. The number of pyridine rings is 2. The van der Waals surface area contributed by atoms with Gasteiger partial charge in [0.2, 0.25) is 5.88 Å². The number of nitrogens with zero attached hydrogens (tertiary/aromatic N) is 3. The zero-order valence-electron chi connectivity index (χ0n) is 17.1. The number of ether oxygens (including phenoxy) is 1. The van der Waals surface area contributed by atoms with Crippen LogP contribution in [0.3, 0.4) is 0 Å². The van der Waals surface area contributed by atoms with E-state index in [2.05, 4.69) is 54.7 Å².